The number of carbonyl (C=O) groups is 2. The molecule has 2 rings (SSSR count). The molecule has 0 saturated heterocycles. The third-order valence-electron chi connectivity index (χ3n) is 3.74. The lowest BCUT2D eigenvalue weighted by atomic mass is 9.95. The van der Waals surface area contributed by atoms with Gasteiger partial charge in [0.1, 0.15) is 0 Å². The maximum Gasteiger partial charge on any atom is 0.309 e. The molecule has 1 atom stereocenters. The molecular weight excluding hydrogens is 266 g/mol. The van der Waals surface area contributed by atoms with E-state index in [0.29, 0.717) is 6.42 Å². The highest BCUT2D eigenvalue weighted by atomic mass is 16.5. The van der Waals surface area contributed by atoms with Crippen molar-refractivity contribution >= 4 is 17.6 Å². The minimum Gasteiger partial charge on any atom is -0.455 e. The van der Waals surface area contributed by atoms with Crippen LogP contribution < -0.4 is 5.32 Å². The maximum absolute atomic E-state index is 11.8. The Bertz CT molecular complexity index is 563. The van der Waals surface area contributed by atoms with E-state index in [1.807, 2.05) is 38.1 Å². The van der Waals surface area contributed by atoms with Gasteiger partial charge in [0.25, 0.3) is 5.91 Å². The van der Waals surface area contributed by atoms with Gasteiger partial charge in [-0.2, -0.15) is 0 Å². The van der Waals surface area contributed by atoms with Gasteiger partial charge in [0.2, 0.25) is 0 Å². The van der Waals surface area contributed by atoms with Gasteiger partial charge in [0, 0.05) is 5.69 Å². The van der Waals surface area contributed by atoms with Gasteiger partial charge >= 0.3 is 5.97 Å². The van der Waals surface area contributed by atoms with E-state index in [-0.39, 0.29) is 24.4 Å². The number of carbonyl (C=O) groups excluding carboxylic acids is 2. The van der Waals surface area contributed by atoms with Crippen LogP contribution in [0.1, 0.15) is 30.4 Å². The van der Waals surface area contributed by atoms with Gasteiger partial charge in [0.05, 0.1) is 5.92 Å². The molecule has 0 aromatic heterocycles. The zero-order valence-electron chi connectivity index (χ0n) is 12.5. The first-order valence-electron chi connectivity index (χ1n) is 7.25. The highest BCUT2D eigenvalue weighted by Crippen LogP contribution is 2.19. The van der Waals surface area contributed by atoms with Crippen molar-refractivity contribution in [1.29, 1.82) is 0 Å². The van der Waals surface area contributed by atoms with Gasteiger partial charge in [-0.05, 0) is 56.4 Å². The van der Waals surface area contributed by atoms with E-state index in [1.54, 1.807) is 0 Å². The number of nitrogens with one attached hydrogen (secondary N) is 1. The monoisotopic (exact) mass is 287 g/mol. The molecule has 1 aliphatic carbocycles. The molecule has 0 fully saturated rings. The number of allylic oxidation sites excluding steroid dienone is 2. The Labute approximate surface area is 125 Å². The minimum atomic E-state index is -0.307. The van der Waals surface area contributed by atoms with Crippen LogP contribution >= 0.6 is 0 Å². The molecule has 0 unspecified atom stereocenters. The van der Waals surface area contributed by atoms with Crippen LogP contribution in [-0.2, 0) is 14.3 Å². The first-order chi connectivity index (χ1) is 10.1. The molecule has 0 bridgehead atoms. The van der Waals surface area contributed by atoms with Crippen LogP contribution in [0.5, 0.6) is 0 Å². The zero-order valence-corrected chi connectivity index (χ0v) is 12.5. The SMILES string of the molecule is Cc1ccc(NC(=O)COC(=O)[C@H]2CC=CCC2)cc1C. The smallest absolute Gasteiger partial charge is 0.309 e. The predicted molar refractivity (Wildman–Crippen MR) is 82.0 cm³/mol. The van der Waals surface area contributed by atoms with Crippen molar-refractivity contribution in [2.24, 2.45) is 5.92 Å². The summed E-state index contributed by atoms with van der Waals surface area (Å²) in [7, 11) is 0. The summed E-state index contributed by atoms with van der Waals surface area (Å²) in [6.45, 7) is 3.77. The number of anilines is 1. The second kappa shape index (κ2) is 7.07. The fourth-order valence-electron chi connectivity index (χ4n) is 2.28. The van der Waals surface area contributed by atoms with E-state index in [9.17, 15) is 9.59 Å². The normalized spacial score (nSPS) is 17.3. The first kappa shape index (κ1) is 15.3. The molecule has 0 saturated carbocycles. The number of esters is 1. The Morgan fingerprint density at radius 2 is 2.05 bits per heavy atom. The molecule has 21 heavy (non-hydrogen) atoms. The van der Waals surface area contributed by atoms with E-state index < -0.39 is 0 Å². The van der Waals surface area contributed by atoms with E-state index in [1.165, 1.54) is 5.56 Å². The van der Waals surface area contributed by atoms with Crippen molar-refractivity contribution in [2.75, 3.05) is 11.9 Å². The summed E-state index contributed by atoms with van der Waals surface area (Å²) in [4.78, 5) is 23.6. The topological polar surface area (TPSA) is 55.4 Å². The quantitative estimate of drug-likeness (QED) is 0.683. The Morgan fingerprint density at radius 3 is 2.71 bits per heavy atom. The van der Waals surface area contributed by atoms with Gasteiger partial charge in [0.15, 0.2) is 6.61 Å². The number of hydrogen-bond acceptors (Lipinski definition) is 3. The van der Waals surface area contributed by atoms with Gasteiger partial charge in [-0.3, -0.25) is 9.59 Å². The van der Waals surface area contributed by atoms with Crippen LogP contribution in [-0.4, -0.2) is 18.5 Å². The average molecular weight is 287 g/mol. The summed E-state index contributed by atoms with van der Waals surface area (Å²) in [5.74, 6) is -0.697. The average Bonchev–Trinajstić information content (AvgIpc) is 2.49. The molecule has 1 aromatic carbocycles. The van der Waals surface area contributed by atoms with Crippen molar-refractivity contribution in [3.63, 3.8) is 0 Å². The number of hydrogen-bond donors (Lipinski definition) is 1. The molecular formula is C17H21NO3. The largest absolute Gasteiger partial charge is 0.455 e. The summed E-state index contributed by atoms with van der Waals surface area (Å²) in [6, 6.07) is 5.69. The Hall–Kier alpha value is -2.10. The number of amides is 1. The van der Waals surface area contributed by atoms with E-state index in [4.69, 9.17) is 4.74 Å². The summed E-state index contributed by atoms with van der Waals surface area (Å²) in [6.07, 6.45) is 6.46. The fraction of sp³-hybridized carbons (Fsp3) is 0.412. The van der Waals surface area contributed by atoms with Crippen LogP contribution in [0.4, 0.5) is 5.69 Å². The molecule has 0 aliphatic heterocycles. The second-order valence-corrected chi connectivity index (χ2v) is 5.44. The second-order valence-electron chi connectivity index (χ2n) is 5.44. The highest BCUT2D eigenvalue weighted by Gasteiger charge is 2.20. The van der Waals surface area contributed by atoms with Crippen LogP contribution in [0, 0.1) is 19.8 Å². The molecule has 4 nitrogen and oxygen atoms in total. The van der Waals surface area contributed by atoms with E-state index in [0.717, 1.165) is 24.1 Å². The lowest BCUT2D eigenvalue weighted by Crippen LogP contribution is -2.25. The van der Waals surface area contributed by atoms with Gasteiger partial charge in [-0.1, -0.05) is 18.2 Å². The Kier molecular flexibility index (Phi) is 5.14. The van der Waals surface area contributed by atoms with Gasteiger partial charge in [-0.15, -0.1) is 0 Å². The van der Waals surface area contributed by atoms with Crippen molar-refractivity contribution in [3.8, 4) is 0 Å². The lowest BCUT2D eigenvalue weighted by molar-refractivity contribution is -0.151. The standard InChI is InChI=1S/C17H21NO3/c1-12-8-9-15(10-13(12)2)18-16(19)11-21-17(20)14-6-4-3-5-7-14/h3-4,8-10,14H,5-7,11H2,1-2H3,(H,18,19)/t14-/m0/s1. The molecule has 0 heterocycles. The minimum absolute atomic E-state index is 0.107. The summed E-state index contributed by atoms with van der Waals surface area (Å²) in [5, 5.41) is 2.74. The maximum atomic E-state index is 11.8. The molecule has 1 aromatic rings. The number of ether oxygens (including phenoxy) is 1. The van der Waals surface area contributed by atoms with Gasteiger partial charge < -0.3 is 10.1 Å². The molecule has 112 valence electrons. The summed E-state index contributed by atoms with van der Waals surface area (Å²) >= 11 is 0. The number of benzene rings is 1. The van der Waals surface area contributed by atoms with E-state index >= 15 is 0 Å². The number of aryl methyl sites for hydroxylation is 2. The molecule has 0 radical (unpaired) electrons. The third-order valence-corrected chi connectivity index (χ3v) is 3.74. The van der Waals surface area contributed by atoms with Crippen LogP contribution in [0.2, 0.25) is 0 Å². The molecule has 0 spiro atoms. The highest BCUT2D eigenvalue weighted by molar-refractivity contribution is 5.93. The predicted octanol–water partition coefficient (Wildman–Crippen LogP) is 3.14. The van der Waals surface area contributed by atoms with Crippen molar-refractivity contribution < 1.29 is 14.3 Å². The Balaban J connectivity index is 1.80. The molecule has 1 amide bonds. The van der Waals surface area contributed by atoms with Crippen molar-refractivity contribution in [2.45, 2.75) is 33.1 Å². The summed E-state index contributed by atoms with van der Waals surface area (Å²) < 4.78 is 5.08. The van der Waals surface area contributed by atoms with Crippen LogP contribution in [0.25, 0.3) is 0 Å². The lowest BCUT2D eigenvalue weighted by Gasteiger charge is -2.16. The molecule has 4 heteroatoms. The zero-order chi connectivity index (χ0) is 15.2. The van der Waals surface area contributed by atoms with Crippen molar-refractivity contribution in [3.05, 3.63) is 41.5 Å². The van der Waals surface area contributed by atoms with Crippen LogP contribution in [0.15, 0.2) is 30.4 Å². The summed E-state index contributed by atoms with van der Waals surface area (Å²) in [5.41, 5.74) is 3.00. The molecule has 1 N–H and O–H groups in total. The van der Waals surface area contributed by atoms with Crippen LogP contribution in [0.3, 0.4) is 0 Å². The van der Waals surface area contributed by atoms with Gasteiger partial charge in [-0.25, -0.2) is 0 Å². The van der Waals surface area contributed by atoms with Crippen molar-refractivity contribution in [1.82, 2.24) is 0 Å². The fourth-order valence-corrected chi connectivity index (χ4v) is 2.28. The van der Waals surface area contributed by atoms with E-state index in [2.05, 4.69) is 11.4 Å². The molecule has 1 aliphatic rings. The Morgan fingerprint density at radius 1 is 1.24 bits per heavy atom. The third kappa shape index (κ3) is 4.45. The first-order valence-corrected chi connectivity index (χ1v) is 7.25. The number of rotatable bonds is 4.